The number of piperidine rings is 1. The third-order valence-electron chi connectivity index (χ3n) is 4.03. The van der Waals surface area contributed by atoms with E-state index in [2.05, 4.69) is 11.0 Å². The van der Waals surface area contributed by atoms with Crippen molar-refractivity contribution in [3.63, 3.8) is 0 Å². The maximum absolute atomic E-state index is 9.05. The minimum atomic E-state index is 0.559. The van der Waals surface area contributed by atoms with Crippen LogP contribution in [0.25, 0.3) is 0 Å². The van der Waals surface area contributed by atoms with Crippen LogP contribution in [0.2, 0.25) is 0 Å². The monoisotopic (exact) mass is 273 g/mol. The number of methoxy groups -OCH3 is 1. The van der Waals surface area contributed by atoms with Crippen LogP contribution < -0.4 is 10.5 Å². The lowest BCUT2D eigenvalue weighted by Gasteiger charge is -2.36. The Morgan fingerprint density at radius 2 is 2.30 bits per heavy atom. The molecule has 0 radical (unpaired) electrons. The van der Waals surface area contributed by atoms with E-state index in [9.17, 15) is 0 Å². The molecule has 1 aromatic rings. The summed E-state index contributed by atoms with van der Waals surface area (Å²) in [6.45, 7) is 2.67. The first-order valence-electron chi connectivity index (χ1n) is 7.29. The summed E-state index contributed by atoms with van der Waals surface area (Å²) < 4.78 is 5.42. The number of nitrogens with two attached hydrogens (primary N) is 1. The summed E-state index contributed by atoms with van der Waals surface area (Å²) >= 11 is 0. The Morgan fingerprint density at radius 3 is 3.00 bits per heavy atom. The minimum absolute atomic E-state index is 0.559. The first-order chi connectivity index (χ1) is 9.78. The number of hydrogen-bond acceptors (Lipinski definition) is 4. The fourth-order valence-corrected chi connectivity index (χ4v) is 2.98. The van der Waals surface area contributed by atoms with Gasteiger partial charge in [-0.25, -0.2) is 0 Å². The molecule has 108 valence electrons. The molecule has 0 bridgehead atoms. The summed E-state index contributed by atoms with van der Waals surface area (Å²) in [5.74, 6) is 0.862. The molecule has 2 N–H and O–H groups in total. The zero-order valence-electron chi connectivity index (χ0n) is 12.1. The molecule has 0 saturated carbocycles. The van der Waals surface area contributed by atoms with Crippen molar-refractivity contribution >= 4 is 0 Å². The van der Waals surface area contributed by atoms with Crippen LogP contribution in [0.1, 0.15) is 36.8 Å². The molecule has 4 nitrogen and oxygen atoms in total. The Hall–Kier alpha value is -1.57. The summed E-state index contributed by atoms with van der Waals surface area (Å²) in [6, 6.07) is 8.38. The lowest BCUT2D eigenvalue weighted by molar-refractivity contribution is 0.133. The van der Waals surface area contributed by atoms with Crippen LogP contribution in [-0.2, 0) is 6.54 Å². The molecule has 1 aliphatic heterocycles. The van der Waals surface area contributed by atoms with E-state index in [4.69, 9.17) is 15.7 Å². The molecule has 20 heavy (non-hydrogen) atoms. The van der Waals surface area contributed by atoms with Gasteiger partial charge in [-0.15, -0.1) is 0 Å². The van der Waals surface area contributed by atoms with E-state index in [1.165, 1.54) is 19.3 Å². The molecule has 1 fully saturated rings. The predicted octanol–water partition coefficient (Wildman–Crippen LogP) is 2.27. The molecule has 1 heterocycles. The van der Waals surface area contributed by atoms with Gasteiger partial charge < -0.3 is 10.5 Å². The molecule has 2 rings (SSSR count). The number of rotatable bonds is 5. The highest BCUT2D eigenvalue weighted by Gasteiger charge is 2.22. The van der Waals surface area contributed by atoms with Gasteiger partial charge in [0.1, 0.15) is 5.75 Å². The maximum atomic E-state index is 9.05. The standard InChI is InChI=1S/C16H23N3O/c1-20-16-6-5-13(11-18)10-14(16)12-19-9-3-2-4-15(19)7-8-17/h5-6,10,15H,2-4,7-9,12,17H2,1H3. The molecular weight excluding hydrogens is 250 g/mol. The molecule has 0 aromatic heterocycles. The SMILES string of the molecule is COc1ccc(C#N)cc1CN1CCCCC1CCN. The highest BCUT2D eigenvalue weighted by molar-refractivity contribution is 5.42. The summed E-state index contributed by atoms with van der Waals surface area (Å²) in [7, 11) is 1.68. The van der Waals surface area contributed by atoms with E-state index >= 15 is 0 Å². The Labute approximate surface area is 121 Å². The molecule has 1 unspecified atom stereocenters. The molecule has 0 spiro atoms. The molecule has 0 amide bonds. The van der Waals surface area contributed by atoms with Gasteiger partial charge in [0.2, 0.25) is 0 Å². The van der Waals surface area contributed by atoms with Gasteiger partial charge in [-0.05, 0) is 50.6 Å². The normalized spacial score (nSPS) is 19.6. The van der Waals surface area contributed by atoms with Crippen LogP contribution in [0.4, 0.5) is 0 Å². The van der Waals surface area contributed by atoms with E-state index in [0.29, 0.717) is 11.6 Å². The first-order valence-corrected chi connectivity index (χ1v) is 7.29. The molecule has 0 aliphatic carbocycles. The van der Waals surface area contributed by atoms with Crippen LogP contribution in [0.5, 0.6) is 5.75 Å². The van der Waals surface area contributed by atoms with Crippen LogP contribution in [-0.4, -0.2) is 31.1 Å². The largest absolute Gasteiger partial charge is 0.496 e. The molecule has 1 saturated heterocycles. The number of nitriles is 1. The van der Waals surface area contributed by atoms with Gasteiger partial charge in [-0.2, -0.15) is 5.26 Å². The van der Waals surface area contributed by atoms with Gasteiger partial charge in [0.25, 0.3) is 0 Å². The fraction of sp³-hybridized carbons (Fsp3) is 0.562. The number of hydrogen-bond donors (Lipinski definition) is 1. The van der Waals surface area contributed by atoms with Crippen LogP contribution in [0, 0.1) is 11.3 Å². The second kappa shape index (κ2) is 7.28. The summed E-state index contributed by atoms with van der Waals surface area (Å²) in [5, 5.41) is 9.05. The van der Waals surface area contributed by atoms with Crippen molar-refractivity contribution in [3.8, 4) is 11.8 Å². The van der Waals surface area contributed by atoms with Gasteiger partial charge in [0, 0.05) is 18.2 Å². The van der Waals surface area contributed by atoms with Crippen molar-refractivity contribution in [3.05, 3.63) is 29.3 Å². The first kappa shape index (κ1) is 14.8. The fourth-order valence-electron chi connectivity index (χ4n) is 2.98. The minimum Gasteiger partial charge on any atom is -0.496 e. The van der Waals surface area contributed by atoms with Gasteiger partial charge in [0.15, 0.2) is 0 Å². The van der Waals surface area contributed by atoms with Gasteiger partial charge in [-0.1, -0.05) is 6.42 Å². The van der Waals surface area contributed by atoms with Crippen molar-refractivity contribution < 1.29 is 4.74 Å². The second-order valence-electron chi connectivity index (χ2n) is 5.34. The van der Waals surface area contributed by atoms with E-state index < -0.39 is 0 Å². The van der Waals surface area contributed by atoms with Crippen molar-refractivity contribution in [1.29, 1.82) is 5.26 Å². The predicted molar refractivity (Wildman–Crippen MR) is 79.4 cm³/mol. The zero-order valence-corrected chi connectivity index (χ0v) is 12.1. The maximum Gasteiger partial charge on any atom is 0.123 e. The summed E-state index contributed by atoms with van der Waals surface area (Å²) in [5.41, 5.74) is 7.50. The Bertz CT molecular complexity index is 479. The summed E-state index contributed by atoms with van der Waals surface area (Å²) in [6.07, 6.45) is 4.79. The number of likely N-dealkylation sites (tertiary alicyclic amines) is 1. The van der Waals surface area contributed by atoms with Crippen molar-refractivity contribution in [2.75, 3.05) is 20.2 Å². The van der Waals surface area contributed by atoms with E-state index in [1.54, 1.807) is 13.2 Å². The van der Waals surface area contributed by atoms with Crippen molar-refractivity contribution in [2.24, 2.45) is 5.73 Å². The summed E-state index contributed by atoms with van der Waals surface area (Å²) in [4.78, 5) is 2.48. The van der Waals surface area contributed by atoms with Crippen LogP contribution in [0.15, 0.2) is 18.2 Å². The Kier molecular flexibility index (Phi) is 5.40. The topological polar surface area (TPSA) is 62.3 Å². The van der Waals surface area contributed by atoms with Gasteiger partial charge in [-0.3, -0.25) is 4.90 Å². The quantitative estimate of drug-likeness (QED) is 0.894. The molecule has 1 atom stereocenters. The average molecular weight is 273 g/mol. The zero-order chi connectivity index (χ0) is 14.4. The molecular formula is C16H23N3O. The Morgan fingerprint density at radius 1 is 1.45 bits per heavy atom. The number of nitrogens with zero attached hydrogens (tertiary/aromatic N) is 2. The van der Waals surface area contributed by atoms with Crippen molar-refractivity contribution in [2.45, 2.75) is 38.3 Å². The lowest BCUT2D eigenvalue weighted by atomic mass is 9.98. The van der Waals surface area contributed by atoms with Gasteiger partial charge in [0.05, 0.1) is 18.7 Å². The van der Waals surface area contributed by atoms with Crippen LogP contribution >= 0.6 is 0 Å². The van der Waals surface area contributed by atoms with E-state index in [1.807, 2.05) is 12.1 Å². The Balaban J connectivity index is 2.16. The third kappa shape index (κ3) is 3.50. The molecule has 4 heteroatoms. The van der Waals surface area contributed by atoms with E-state index in [0.717, 1.165) is 37.4 Å². The molecule has 1 aliphatic rings. The highest BCUT2D eigenvalue weighted by Crippen LogP contribution is 2.26. The number of benzene rings is 1. The smallest absolute Gasteiger partial charge is 0.123 e. The van der Waals surface area contributed by atoms with Gasteiger partial charge >= 0.3 is 0 Å². The number of ether oxygens (including phenoxy) is 1. The third-order valence-corrected chi connectivity index (χ3v) is 4.03. The van der Waals surface area contributed by atoms with Crippen molar-refractivity contribution in [1.82, 2.24) is 4.90 Å². The highest BCUT2D eigenvalue weighted by atomic mass is 16.5. The van der Waals surface area contributed by atoms with E-state index in [-0.39, 0.29) is 0 Å². The average Bonchev–Trinajstić information content (AvgIpc) is 2.49. The molecule has 1 aromatic carbocycles. The lowest BCUT2D eigenvalue weighted by Crippen LogP contribution is -2.40. The second-order valence-corrected chi connectivity index (χ2v) is 5.34. The van der Waals surface area contributed by atoms with Crippen LogP contribution in [0.3, 0.4) is 0 Å².